The molecule has 0 aliphatic rings. The number of thioether (sulfide) groups is 1. The second-order valence-electron chi connectivity index (χ2n) is 7.37. The Hall–Kier alpha value is -1.98. The number of halogens is 1. The first-order valence-electron chi connectivity index (χ1n) is 9.86. The lowest BCUT2D eigenvalue weighted by Gasteiger charge is -2.29. The minimum atomic E-state index is -0.543. The second-order valence-corrected chi connectivity index (χ2v) is 8.98. The number of carbonyl (C=O) groups excluding carboxylic acids is 2. The maximum Gasteiger partial charge on any atom is 0.242 e. The van der Waals surface area contributed by atoms with E-state index in [2.05, 4.69) is 5.32 Å². The fourth-order valence-electron chi connectivity index (χ4n) is 2.74. The molecule has 1 atom stereocenters. The summed E-state index contributed by atoms with van der Waals surface area (Å²) in [6.45, 7) is 6.84. The van der Waals surface area contributed by atoms with Crippen molar-refractivity contribution in [3.05, 3.63) is 65.2 Å². The van der Waals surface area contributed by atoms with Crippen LogP contribution in [0.1, 0.15) is 32.8 Å². The van der Waals surface area contributed by atoms with Crippen molar-refractivity contribution in [2.75, 3.05) is 12.3 Å². The van der Waals surface area contributed by atoms with Crippen LogP contribution in [0.5, 0.6) is 0 Å². The van der Waals surface area contributed by atoms with Gasteiger partial charge in [0, 0.05) is 35.2 Å². The van der Waals surface area contributed by atoms with Crippen LogP contribution in [0.4, 0.5) is 0 Å². The van der Waals surface area contributed by atoms with Gasteiger partial charge in [0.05, 0.1) is 0 Å². The Balaban J connectivity index is 2.04. The van der Waals surface area contributed by atoms with Crippen LogP contribution in [0.3, 0.4) is 0 Å². The maximum atomic E-state index is 13.0. The van der Waals surface area contributed by atoms with Crippen LogP contribution in [0.15, 0.2) is 59.5 Å². The Morgan fingerprint density at radius 2 is 1.69 bits per heavy atom. The molecule has 29 heavy (non-hydrogen) atoms. The fraction of sp³-hybridized carbons (Fsp3) is 0.391. The highest BCUT2D eigenvalue weighted by atomic mass is 35.5. The van der Waals surface area contributed by atoms with Gasteiger partial charge in [0.15, 0.2) is 0 Å². The number of benzene rings is 2. The number of hydrogen-bond acceptors (Lipinski definition) is 3. The lowest BCUT2D eigenvalue weighted by molar-refractivity contribution is -0.140. The molecule has 0 spiro atoms. The summed E-state index contributed by atoms with van der Waals surface area (Å²) in [5, 5.41) is 3.58. The van der Waals surface area contributed by atoms with E-state index in [0.29, 0.717) is 36.2 Å². The Morgan fingerprint density at radius 1 is 1.03 bits per heavy atom. The van der Waals surface area contributed by atoms with Crippen molar-refractivity contribution in [3.8, 4) is 0 Å². The lowest BCUT2D eigenvalue weighted by Crippen LogP contribution is -2.48. The Morgan fingerprint density at radius 3 is 2.31 bits per heavy atom. The highest BCUT2D eigenvalue weighted by Gasteiger charge is 2.25. The van der Waals surface area contributed by atoms with Gasteiger partial charge in [-0.05, 0) is 42.7 Å². The van der Waals surface area contributed by atoms with Gasteiger partial charge in [0.25, 0.3) is 0 Å². The van der Waals surface area contributed by atoms with Gasteiger partial charge in [-0.1, -0.05) is 55.8 Å². The number of rotatable bonds is 10. The summed E-state index contributed by atoms with van der Waals surface area (Å²) in [4.78, 5) is 28.4. The molecule has 0 saturated heterocycles. The molecule has 0 aromatic heterocycles. The summed E-state index contributed by atoms with van der Waals surface area (Å²) < 4.78 is 0. The third-order valence-electron chi connectivity index (χ3n) is 4.45. The molecule has 2 aromatic carbocycles. The van der Waals surface area contributed by atoms with Crippen LogP contribution < -0.4 is 5.32 Å². The van der Waals surface area contributed by atoms with Gasteiger partial charge in [0.2, 0.25) is 11.8 Å². The summed E-state index contributed by atoms with van der Waals surface area (Å²) in [6, 6.07) is 16.8. The molecule has 2 amide bonds. The van der Waals surface area contributed by atoms with Crippen molar-refractivity contribution in [2.24, 2.45) is 5.92 Å². The van der Waals surface area contributed by atoms with E-state index in [1.54, 1.807) is 35.7 Å². The van der Waals surface area contributed by atoms with Crippen LogP contribution in [0.25, 0.3) is 0 Å². The number of amides is 2. The first kappa shape index (κ1) is 23.3. The van der Waals surface area contributed by atoms with Crippen LogP contribution in [-0.4, -0.2) is 35.1 Å². The maximum absolute atomic E-state index is 13.0. The number of hydrogen-bond donors (Lipinski definition) is 1. The minimum Gasteiger partial charge on any atom is -0.354 e. The Bertz CT molecular complexity index is 781. The third-order valence-corrected chi connectivity index (χ3v) is 5.71. The molecule has 0 heterocycles. The predicted molar refractivity (Wildman–Crippen MR) is 121 cm³/mol. The highest BCUT2D eigenvalue weighted by molar-refractivity contribution is 7.99. The van der Waals surface area contributed by atoms with E-state index >= 15 is 0 Å². The minimum absolute atomic E-state index is 0.0319. The number of carbonyl (C=O) groups is 2. The van der Waals surface area contributed by atoms with Gasteiger partial charge >= 0.3 is 0 Å². The van der Waals surface area contributed by atoms with Gasteiger partial charge in [0.1, 0.15) is 6.04 Å². The second kappa shape index (κ2) is 11.9. The number of nitrogens with one attached hydrogen (secondary N) is 1. The first-order chi connectivity index (χ1) is 13.9. The van der Waals surface area contributed by atoms with E-state index in [1.165, 1.54) is 0 Å². The monoisotopic (exact) mass is 432 g/mol. The summed E-state index contributed by atoms with van der Waals surface area (Å²) in [6.07, 6.45) is 0.370. The van der Waals surface area contributed by atoms with Crippen LogP contribution in [0.2, 0.25) is 5.02 Å². The molecule has 0 aliphatic carbocycles. The highest BCUT2D eigenvalue weighted by Crippen LogP contribution is 2.20. The van der Waals surface area contributed by atoms with Crippen molar-refractivity contribution in [1.29, 1.82) is 0 Å². The molecule has 156 valence electrons. The SMILES string of the molecule is CC(C)CNC(=O)C(C)N(Cc1ccc(Cl)cc1)C(=O)CCSc1ccccc1. The van der Waals surface area contributed by atoms with E-state index in [9.17, 15) is 9.59 Å². The van der Waals surface area contributed by atoms with Crippen LogP contribution in [0, 0.1) is 5.92 Å². The van der Waals surface area contributed by atoms with Gasteiger partial charge < -0.3 is 10.2 Å². The summed E-state index contributed by atoms with van der Waals surface area (Å²) in [5.41, 5.74) is 0.946. The molecule has 0 saturated carbocycles. The first-order valence-corrected chi connectivity index (χ1v) is 11.2. The zero-order chi connectivity index (χ0) is 21.2. The third kappa shape index (κ3) is 8.11. The van der Waals surface area contributed by atoms with Crippen LogP contribution in [-0.2, 0) is 16.1 Å². The van der Waals surface area contributed by atoms with E-state index in [-0.39, 0.29) is 11.8 Å². The molecule has 0 radical (unpaired) electrons. The summed E-state index contributed by atoms with van der Waals surface area (Å²) >= 11 is 7.62. The summed E-state index contributed by atoms with van der Waals surface area (Å²) in [7, 11) is 0. The van der Waals surface area contributed by atoms with Gasteiger partial charge in [-0.2, -0.15) is 0 Å². The van der Waals surface area contributed by atoms with Crippen molar-refractivity contribution in [3.63, 3.8) is 0 Å². The van der Waals surface area contributed by atoms with E-state index < -0.39 is 6.04 Å². The normalized spacial score (nSPS) is 11.9. The van der Waals surface area contributed by atoms with E-state index in [1.807, 2.05) is 56.3 Å². The zero-order valence-electron chi connectivity index (χ0n) is 17.2. The van der Waals surface area contributed by atoms with Crippen molar-refractivity contribution in [2.45, 2.75) is 44.7 Å². The molecule has 0 fully saturated rings. The van der Waals surface area contributed by atoms with Crippen molar-refractivity contribution in [1.82, 2.24) is 10.2 Å². The Kier molecular flexibility index (Phi) is 9.55. The van der Waals surface area contributed by atoms with E-state index in [0.717, 1.165) is 10.5 Å². The van der Waals surface area contributed by atoms with E-state index in [4.69, 9.17) is 11.6 Å². The smallest absolute Gasteiger partial charge is 0.242 e. The van der Waals surface area contributed by atoms with Gasteiger partial charge in [-0.3, -0.25) is 9.59 Å². The molecule has 0 aliphatic heterocycles. The molecule has 2 rings (SSSR count). The lowest BCUT2D eigenvalue weighted by atomic mass is 10.1. The van der Waals surface area contributed by atoms with Crippen LogP contribution >= 0.6 is 23.4 Å². The average Bonchev–Trinajstić information content (AvgIpc) is 2.71. The standard InChI is InChI=1S/C23H29ClN2O2S/c1-17(2)15-25-23(28)18(3)26(16-19-9-11-20(24)12-10-19)22(27)13-14-29-21-7-5-4-6-8-21/h4-12,17-18H,13-16H2,1-3H3,(H,25,28). The molecule has 4 nitrogen and oxygen atoms in total. The van der Waals surface area contributed by atoms with Gasteiger partial charge in [-0.15, -0.1) is 11.8 Å². The molecule has 0 bridgehead atoms. The molecular formula is C23H29ClN2O2S. The molecule has 1 N–H and O–H groups in total. The fourth-order valence-corrected chi connectivity index (χ4v) is 3.73. The quantitative estimate of drug-likeness (QED) is 0.537. The Labute approximate surface area is 183 Å². The molecule has 2 aromatic rings. The van der Waals surface area contributed by atoms with Crippen molar-refractivity contribution < 1.29 is 9.59 Å². The topological polar surface area (TPSA) is 49.4 Å². The molecular weight excluding hydrogens is 404 g/mol. The number of nitrogens with zero attached hydrogens (tertiary/aromatic N) is 1. The zero-order valence-corrected chi connectivity index (χ0v) is 18.8. The van der Waals surface area contributed by atoms with Crippen molar-refractivity contribution >= 4 is 35.2 Å². The predicted octanol–water partition coefficient (Wildman–Crippen LogP) is 5.01. The van der Waals surface area contributed by atoms with Gasteiger partial charge in [-0.25, -0.2) is 0 Å². The molecule has 1 unspecified atom stereocenters. The summed E-state index contributed by atoms with van der Waals surface area (Å²) in [5.74, 6) is 0.862. The largest absolute Gasteiger partial charge is 0.354 e. The average molecular weight is 433 g/mol. The molecule has 6 heteroatoms.